The molecule has 0 bridgehead atoms. The van der Waals surface area contributed by atoms with Crippen molar-refractivity contribution < 1.29 is 4.79 Å². The summed E-state index contributed by atoms with van der Waals surface area (Å²) in [5, 5.41) is 5.81. The maximum Gasteiger partial charge on any atom is 0.315 e. The van der Waals surface area contributed by atoms with E-state index in [1.165, 1.54) is 11.1 Å². The molecule has 2 rings (SSSR count). The van der Waals surface area contributed by atoms with Crippen molar-refractivity contribution in [3.8, 4) is 0 Å². The Labute approximate surface area is 96.2 Å². The van der Waals surface area contributed by atoms with Gasteiger partial charge in [0.1, 0.15) is 0 Å². The molecule has 0 unspecified atom stereocenters. The van der Waals surface area contributed by atoms with Crippen molar-refractivity contribution in [1.82, 2.24) is 10.6 Å². The van der Waals surface area contributed by atoms with E-state index >= 15 is 0 Å². The van der Waals surface area contributed by atoms with Crippen LogP contribution in [0.2, 0.25) is 0 Å². The summed E-state index contributed by atoms with van der Waals surface area (Å²) in [6, 6.07) is 8.59. The molecule has 1 aliphatic carbocycles. The molecule has 0 spiro atoms. The summed E-state index contributed by atoms with van der Waals surface area (Å²) in [4.78, 5) is 11.4. The van der Waals surface area contributed by atoms with Crippen LogP contribution in [0, 0.1) is 0 Å². The molecule has 3 heteroatoms. The van der Waals surface area contributed by atoms with Crippen LogP contribution >= 0.6 is 0 Å². The second-order valence-electron chi connectivity index (χ2n) is 4.22. The standard InChI is InChI=1S/C13H18N2O/c1-2-10-5-3-4-6-11(10)9-14-13(16)15-12-7-8-12/h3-6,12H,2,7-9H2,1H3,(H2,14,15,16). The average Bonchev–Trinajstić information content (AvgIpc) is 3.10. The largest absolute Gasteiger partial charge is 0.335 e. The molecule has 86 valence electrons. The van der Waals surface area contributed by atoms with Gasteiger partial charge in [-0.3, -0.25) is 0 Å². The number of hydrogen-bond acceptors (Lipinski definition) is 1. The van der Waals surface area contributed by atoms with E-state index in [9.17, 15) is 4.79 Å². The van der Waals surface area contributed by atoms with Crippen molar-refractivity contribution in [3.05, 3.63) is 35.4 Å². The van der Waals surface area contributed by atoms with E-state index in [4.69, 9.17) is 0 Å². The van der Waals surface area contributed by atoms with Gasteiger partial charge in [0.2, 0.25) is 0 Å². The van der Waals surface area contributed by atoms with Crippen molar-refractivity contribution in [3.63, 3.8) is 0 Å². The summed E-state index contributed by atoms with van der Waals surface area (Å²) in [6.07, 6.45) is 3.25. The highest BCUT2D eigenvalue weighted by Gasteiger charge is 2.22. The van der Waals surface area contributed by atoms with Crippen molar-refractivity contribution in [1.29, 1.82) is 0 Å². The molecule has 3 nitrogen and oxygen atoms in total. The quantitative estimate of drug-likeness (QED) is 0.799. The molecule has 2 N–H and O–H groups in total. The van der Waals surface area contributed by atoms with Gasteiger partial charge in [0.25, 0.3) is 0 Å². The van der Waals surface area contributed by atoms with E-state index in [1.54, 1.807) is 0 Å². The van der Waals surface area contributed by atoms with Gasteiger partial charge in [-0.2, -0.15) is 0 Å². The molecule has 2 amide bonds. The average molecular weight is 218 g/mol. The van der Waals surface area contributed by atoms with Gasteiger partial charge in [-0.15, -0.1) is 0 Å². The number of carbonyl (C=O) groups is 1. The van der Waals surface area contributed by atoms with E-state index in [0.29, 0.717) is 12.6 Å². The van der Waals surface area contributed by atoms with E-state index in [1.807, 2.05) is 12.1 Å². The van der Waals surface area contributed by atoms with Crippen molar-refractivity contribution in [2.45, 2.75) is 38.8 Å². The maximum atomic E-state index is 11.4. The van der Waals surface area contributed by atoms with E-state index in [0.717, 1.165) is 19.3 Å². The van der Waals surface area contributed by atoms with Crippen LogP contribution in [-0.4, -0.2) is 12.1 Å². The summed E-state index contributed by atoms with van der Waals surface area (Å²) < 4.78 is 0. The number of nitrogens with one attached hydrogen (secondary N) is 2. The Hall–Kier alpha value is -1.51. The van der Waals surface area contributed by atoms with Crippen LogP contribution < -0.4 is 10.6 Å². The Morgan fingerprint density at radius 2 is 2.00 bits per heavy atom. The van der Waals surface area contributed by atoms with Crippen LogP contribution in [0.3, 0.4) is 0 Å². The van der Waals surface area contributed by atoms with Crippen LogP contribution in [0.25, 0.3) is 0 Å². The van der Waals surface area contributed by atoms with Crippen molar-refractivity contribution >= 4 is 6.03 Å². The molecule has 1 fully saturated rings. The van der Waals surface area contributed by atoms with Crippen molar-refractivity contribution in [2.75, 3.05) is 0 Å². The highest BCUT2D eigenvalue weighted by molar-refractivity contribution is 5.74. The van der Waals surface area contributed by atoms with Gasteiger partial charge in [0.05, 0.1) is 0 Å². The lowest BCUT2D eigenvalue weighted by Gasteiger charge is -2.09. The van der Waals surface area contributed by atoms with E-state index in [-0.39, 0.29) is 6.03 Å². The molecule has 0 saturated heterocycles. The Morgan fingerprint density at radius 1 is 1.31 bits per heavy atom. The topological polar surface area (TPSA) is 41.1 Å². The third kappa shape index (κ3) is 2.99. The summed E-state index contributed by atoms with van der Waals surface area (Å²) in [5.41, 5.74) is 2.50. The third-order valence-corrected chi connectivity index (χ3v) is 2.85. The number of carbonyl (C=O) groups excluding carboxylic acids is 1. The fraction of sp³-hybridized carbons (Fsp3) is 0.462. The molecule has 1 aromatic rings. The fourth-order valence-electron chi connectivity index (χ4n) is 1.71. The van der Waals surface area contributed by atoms with Gasteiger partial charge >= 0.3 is 6.03 Å². The monoisotopic (exact) mass is 218 g/mol. The van der Waals surface area contributed by atoms with Crippen LogP contribution in [0.15, 0.2) is 24.3 Å². The van der Waals surface area contributed by atoms with Gasteiger partial charge in [-0.25, -0.2) is 4.79 Å². The number of amides is 2. The summed E-state index contributed by atoms with van der Waals surface area (Å²) >= 11 is 0. The van der Waals surface area contributed by atoms with Gasteiger partial charge in [0.15, 0.2) is 0 Å². The molecule has 1 saturated carbocycles. The molecule has 0 heterocycles. The van der Waals surface area contributed by atoms with E-state index < -0.39 is 0 Å². The first-order valence-corrected chi connectivity index (χ1v) is 5.90. The fourth-order valence-corrected chi connectivity index (χ4v) is 1.71. The summed E-state index contributed by atoms with van der Waals surface area (Å²) in [7, 11) is 0. The molecule has 0 aromatic heterocycles. The van der Waals surface area contributed by atoms with Gasteiger partial charge in [-0.1, -0.05) is 31.2 Å². The first-order chi connectivity index (χ1) is 7.79. The van der Waals surface area contributed by atoms with Crippen LogP contribution in [0.1, 0.15) is 30.9 Å². The molecule has 1 aliphatic rings. The molecule has 0 atom stereocenters. The lowest BCUT2D eigenvalue weighted by Crippen LogP contribution is -2.36. The predicted molar refractivity (Wildman–Crippen MR) is 64.2 cm³/mol. The molecule has 1 aromatic carbocycles. The highest BCUT2D eigenvalue weighted by atomic mass is 16.2. The predicted octanol–water partition coefficient (Wildman–Crippen LogP) is 2.21. The molecule has 0 radical (unpaired) electrons. The molecular weight excluding hydrogens is 200 g/mol. The highest BCUT2D eigenvalue weighted by Crippen LogP contribution is 2.18. The number of aryl methyl sites for hydroxylation is 1. The molecular formula is C13H18N2O. The van der Waals surface area contributed by atoms with Crippen LogP contribution in [0.4, 0.5) is 4.79 Å². The lowest BCUT2D eigenvalue weighted by molar-refractivity contribution is 0.240. The summed E-state index contributed by atoms with van der Waals surface area (Å²) in [6.45, 7) is 2.74. The molecule has 0 aliphatic heterocycles. The van der Waals surface area contributed by atoms with Crippen molar-refractivity contribution in [2.24, 2.45) is 0 Å². The second-order valence-corrected chi connectivity index (χ2v) is 4.22. The van der Waals surface area contributed by atoms with E-state index in [2.05, 4.69) is 29.7 Å². The smallest absolute Gasteiger partial charge is 0.315 e. The number of urea groups is 1. The Bertz CT molecular complexity index is 372. The Morgan fingerprint density at radius 3 is 2.62 bits per heavy atom. The number of rotatable bonds is 4. The second kappa shape index (κ2) is 5.01. The first kappa shape index (κ1) is 11.0. The first-order valence-electron chi connectivity index (χ1n) is 5.90. The van der Waals surface area contributed by atoms with Crippen LogP contribution in [-0.2, 0) is 13.0 Å². The molecule has 16 heavy (non-hydrogen) atoms. The Balaban J connectivity index is 1.85. The zero-order valence-electron chi connectivity index (χ0n) is 9.62. The zero-order chi connectivity index (χ0) is 11.4. The summed E-state index contributed by atoms with van der Waals surface area (Å²) in [5.74, 6) is 0. The van der Waals surface area contributed by atoms with Crippen LogP contribution in [0.5, 0.6) is 0 Å². The lowest BCUT2D eigenvalue weighted by atomic mass is 10.1. The minimum Gasteiger partial charge on any atom is -0.335 e. The van der Waals surface area contributed by atoms with Gasteiger partial charge < -0.3 is 10.6 Å². The van der Waals surface area contributed by atoms with Gasteiger partial charge in [-0.05, 0) is 30.4 Å². The SMILES string of the molecule is CCc1ccccc1CNC(=O)NC1CC1. The zero-order valence-corrected chi connectivity index (χ0v) is 9.62. The minimum atomic E-state index is -0.0478. The number of hydrogen-bond donors (Lipinski definition) is 2. The maximum absolute atomic E-state index is 11.4. The minimum absolute atomic E-state index is 0.0478. The van der Waals surface area contributed by atoms with Gasteiger partial charge in [0, 0.05) is 12.6 Å². The third-order valence-electron chi connectivity index (χ3n) is 2.85. The number of benzene rings is 1. The Kier molecular flexibility index (Phi) is 3.44. The normalized spacial score (nSPS) is 14.6.